The lowest BCUT2D eigenvalue weighted by Crippen LogP contribution is -2.37. The van der Waals surface area contributed by atoms with Crippen LogP contribution in [-0.4, -0.2) is 35.4 Å². The summed E-state index contributed by atoms with van der Waals surface area (Å²) in [6, 6.07) is 10.2. The van der Waals surface area contributed by atoms with Crippen LogP contribution >= 0.6 is 11.6 Å². The molecule has 2 heterocycles. The van der Waals surface area contributed by atoms with Gasteiger partial charge in [-0.15, -0.1) is 0 Å². The Balaban J connectivity index is 1.47. The van der Waals surface area contributed by atoms with Gasteiger partial charge in [0.15, 0.2) is 0 Å². The van der Waals surface area contributed by atoms with Gasteiger partial charge in [-0.05, 0) is 80.9 Å². The fourth-order valence-electron chi connectivity index (χ4n) is 4.20. The molecule has 1 aromatic heterocycles. The quantitative estimate of drug-likeness (QED) is 0.842. The summed E-state index contributed by atoms with van der Waals surface area (Å²) in [5, 5.41) is 3.88. The van der Waals surface area contributed by atoms with Crippen LogP contribution in [0, 0.1) is 0 Å². The lowest BCUT2D eigenvalue weighted by molar-refractivity contribution is 0.0937. The van der Waals surface area contributed by atoms with Crippen molar-refractivity contribution in [2.75, 3.05) is 19.6 Å². The number of nitrogens with zero attached hydrogens (tertiary/aromatic N) is 2. The molecule has 4 rings (SSSR count). The number of likely N-dealkylation sites (tertiary alicyclic amines) is 1. The van der Waals surface area contributed by atoms with E-state index < -0.39 is 0 Å². The minimum Gasteiger partial charge on any atom is -0.350 e. The summed E-state index contributed by atoms with van der Waals surface area (Å²) in [4.78, 5) is 19.7. The van der Waals surface area contributed by atoms with Crippen molar-refractivity contribution >= 4 is 17.5 Å². The van der Waals surface area contributed by atoms with Crippen molar-refractivity contribution in [2.45, 2.75) is 44.6 Å². The van der Waals surface area contributed by atoms with Gasteiger partial charge in [0.1, 0.15) is 0 Å². The highest BCUT2D eigenvalue weighted by Crippen LogP contribution is 2.26. The second kappa shape index (κ2) is 8.41. The maximum Gasteiger partial charge on any atom is 0.252 e. The van der Waals surface area contributed by atoms with Crippen LogP contribution in [0.15, 0.2) is 36.5 Å². The maximum absolute atomic E-state index is 12.7. The number of benzene rings is 1. The van der Waals surface area contributed by atoms with E-state index in [1.54, 1.807) is 6.20 Å². The zero-order valence-corrected chi connectivity index (χ0v) is 16.3. The molecule has 0 unspecified atom stereocenters. The van der Waals surface area contributed by atoms with Crippen LogP contribution in [0.4, 0.5) is 0 Å². The molecule has 4 nitrogen and oxygen atoms in total. The van der Waals surface area contributed by atoms with Gasteiger partial charge in [0.25, 0.3) is 5.91 Å². The number of carbonyl (C=O) groups is 1. The Hall–Kier alpha value is -1.91. The van der Waals surface area contributed by atoms with Crippen molar-refractivity contribution in [1.29, 1.82) is 0 Å². The van der Waals surface area contributed by atoms with E-state index >= 15 is 0 Å². The minimum absolute atomic E-state index is 0.0333. The molecule has 1 amide bonds. The number of nitrogens with one attached hydrogen (secondary N) is 1. The number of pyridine rings is 1. The molecule has 2 aliphatic rings. The zero-order valence-electron chi connectivity index (χ0n) is 15.6. The van der Waals surface area contributed by atoms with Crippen LogP contribution in [0.1, 0.15) is 58.9 Å². The van der Waals surface area contributed by atoms with Crippen LogP contribution in [0.3, 0.4) is 0 Å². The van der Waals surface area contributed by atoms with Crippen LogP contribution in [-0.2, 0) is 12.8 Å². The third-order valence-corrected chi connectivity index (χ3v) is 5.98. The molecule has 0 radical (unpaired) electrons. The van der Waals surface area contributed by atoms with Gasteiger partial charge >= 0.3 is 0 Å². The first kappa shape index (κ1) is 18.5. The Kier molecular flexibility index (Phi) is 5.74. The molecule has 5 heteroatoms. The lowest BCUT2D eigenvalue weighted by atomic mass is 9.95. The number of aromatic nitrogens is 1. The number of rotatable bonds is 5. The fourth-order valence-corrected chi connectivity index (χ4v) is 4.33. The smallest absolute Gasteiger partial charge is 0.252 e. The van der Waals surface area contributed by atoms with E-state index in [0.29, 0.717) is 12.1 Å². The molecular formula is C22H26ClN3O. The molecule has 1 N–H and O–H groups in total. The summed E-state index contributed by atoms with van der Waals surface area (Å²) in [6.07, 6.45) is 8.61. The standard InChI is InChI=1S/C22H26ClN3O/c23-19-9-7-16(8-10-19)21(26-11-3-4-12-26)15-25-22(27)18-13-17-5-1-2-6-20(17)24-14-18/h7-10,13-14,21H,1-6,11-12,15H2,(H,25,27)/t21-/m1/s1. The molecule has 0 bridgehead atoms. The number of carbonyl (C=O) groups excluding carboxylic acids is 1. The van der Waals surface area contributed by atoms with E-state index in [1.807, 2.05) is 18.2 Å². The van der Waals surface area contributed by atoms with Crippen molar-refractivity contribution in [2.24, 2.45) is 0 Å². The Labute approximate surface area is 165 Å². The van der Waals surface area contributed by atoms with Crippen LogP contribution in [0.5, 0.6) is 0 Å². The van der Waals surface area contributed by atoms with Gasteiger partial charge in [0.2, 0.25) is 0 Å². The summed E-state index contributed by atoms with van der Waals surface area (Å²) in [5.41, 5.74) is 4.27. The third kappa shape index (κ3) is 4.33. The van der Waals surface area contributed by atoms with E-state index in [1.165, 1.54) is 36.8 Å². The van der Waals surface area contributed by atoms with Gasteiger partial charge in [0, 0.05) is 23.5 Å². The van der Waals surface area contributed by atoms with E-state index in [-0.39, 0.29) is 11.9 Å². The highest BCUT2D eigenvalue weighted by Gasteiger charge is 2.24. The molecule has 27 heavy (non-hydrogen) atoms. The van der Waals surface area contributed by atoms with Crippen molar-refractivity contribution in [3.8, 4) is 0 Å². The van der Waals surface area contributed by atoms with Gasteiger partial charge < -0.3 is 5.32 Å². The molecule has 1 aromatic carbocycles. The minimum atomic E-state index is -0.0333. The molecule has 0 saturated carbocycles. The van der Waals surface area contributed by atoms with Crippen molar-refractivity contribution in [1.82, 2.24) is 15.2 Å². The molecule has 2 aromatic rings. The molecule has 142 valence electrons. The van der Waals surface area contributed by atoms with Gasteiger partial charge in [-0.3, -0.25) is 14.7 Å². The summed E-state index contributed by atoms with van der Waals surface area (Å²) < 4.78 is 0. The van der Waals surface area contributed by atoms with Gasteiger partial charge in [-0.1, -0.05) is 23.7 Å². The van der Waals surface area contributed by atoms with E-state index in [9.17, 15) is 4.79 Å². The first-order valence-corrected chi connectivity index (χ1v) is 10.3. The van der Waals surface area contributed by atoms with Gasteiger partial charge in [0.05, 0.1) is 11.6 Å². The Bertz CT molecular complexity index is 800. The average molecular weight is 384 g/mol. The number of halogens is 1. The zero-order chi connectivity index (χ0) is 18.6. The second-order valence-corrected chi connectivity index (χ2v) is 7.99. The average Bonchev–Trinajstić information content (AvgIpc) is 3.23. The highest BCUT2D eigenvalue weighted by molar-refractivity contribution is 6.30. The lowest BCUT2D eigenvalue weighted by Gasteiger charge is -2.28. The first-order valence-electron chi connectivity index (χ1n) is 9.96. The summed E-state index contributed by atoms with van der Waals surface area (Å²) in [7, 11) is 0. The van der Waals surface area contributed by atoms with Crippen LogP contribution in [0.2, 0.25) is 5.02 Å². The first-order chi connectivity index (χ1) is 13.2. The number of amides is 1. The van der Waals surface area contributed by atoms with E-state index in [2.05, 4.69) is 27.3 Å². The number of aryl methyl sites for hydroxylation is 2. The van der Waals surface area contributed by atoms with Crippen molar-refractivity contribution in [3.05, 3.63) is 63.9 Å². The molecule has 0 spiro atoms. The normalized spacial score (nSPS) is 18.1. The SMILES string of the molecule is O=C(NC[C@H](c1ccc(Cl)cc1)N1CCCC1)c1cnc2c(c1)CCCC2. The van der Waals surface area contributed by atoms with Crippen LogP contribution in [0.25, 0.3) is 0 Å². The Morgan fingerprint density at radius 2 is 1.85 bits per heavy atom. The number of hydrogen-bond acceptors (Lipinski definition) is 3. The van der Waals surface area contributed by atoms with E-state index in [0.717, 1.165) is 36.6 Å². The highest BCUT2D eigenvalue weighted by atomic mass is 35.5. The second-order valence-electron chi connectivity index (χ2n) is 7.56. The predicted molar refractivity (Wildman–Crippen MR) is 108 cm³/mol. The number of fused-ring (bicyclic) bond motifs is 1. The summed E-state index contributed by atoms with van der Waals surface area (Å²) in [5.74, 6) is -0.0333. The van der Waals surface area contributed by atoms with Gasteiger partial charge in [-0.2, -0.15) is 0 Å². The topological polar surface area (TPSA) is 45.2 Å². The summed E-state index contributed by atoms with van der Waals surface area (Å²) in [6.45, 7) is 2.74. The molecule has 1 aliphatic heterocycles. The largest absolute Gasteiger partial charge is 0.350 e. The monoisotopic (exact) mass is 383 g/mol. The molecule has 1 atom stereocenters. The molecule has 1 saturated heterocycles. The van der Waals surface area contributed by atoms with Crippen molar-refractivity contribution < 1.29 is 4.79 Å². The molecule has 1 aliphatic carbocycles. The Morgan fingerprint density at radius 3 is 2.63 bits per heavy atom. The third-order valence-electron chi connectivity index (χ3n) is 5.72. The molecule has 1 fully saturated rings. The van der Waals surface area contributed by atoms with Gasteiger partial charge in [-0.25, -0.2) is 0 Å². The predicted octanol–water partition coefficient (Wildman–Crippen LogP) is 4.18. The fraction of sp³-hybridized carbons (Fsp3) is 0.455. The maximum atomic E-state index is 12.7. The number of hydrogen-bond donors (Lipinski definition) is 1. The summed E-state index contributed by atoms with van der Waals surface area (Å²) >= 11 is 6.05. The Morgan fingerprint density at radius 1 is 1.11 bits per heavy atom. The molecular weight excluding hydrogens is 358 g/mol. The van der Waals surface area contributed by atoms with Crippen LogP contribution < -0.4 is 5.32 Å². The van der Waals surface area contributed by atoms with E-state index in [4.69, 9.17) is 11.6 Å². The van der Waals surface area contributed by atoms with Crippen molar-refractivity contribution in [3.63, 3.8) is 0 Å².